The Labute approximate surface area is 204 Å². The van der Waals surface area contributed by atoms with Gasteiger partial charge < -0.3 is 50.0 Å². The van der Waals surface area contributed by atoms with Gasteiger partial charge in [-0.3, -0.25) is 0 Å². The minimum atomic E-state index is -1.70. The summed E-state index contributed by atoms with van der Waals surface area (Å²) in [6, 6.07) is 9.66. The second kappa shape index (κ2) is 11.8. The van der Waals surface area contributed by atoms with Crippen molar-refractivity contribution in [1.82, 2.24) is 0 Å². The molecule has 194 valence electrons. The summed E-state index contributed by atoms with van der Waals surface area (Å²) >= 11 is 0. The molecule has 1 heterocycles. The molecule has 0 aliphatic carbocycles. The van der Waals surface area contributed by atoms with Crippen molar-refractivity contribution in [2.75, 3.05) is 6.61 Å². The monoisotopic (exact) mass is 506 g/mol. The number of carbonyl (C=O) groups excluding carboxylic acids is 1. The third-order valence-corrected chi connectivity index (χ3v) is 5.38. The summed E-state index contributed by atoms with van der Waals surface area (Å²) in [5.74, 6) is -2.87. The van der Waals surface area contributed by atoms with Crippen molar-refractivity contribution >= 4 is 18.0 Å². The highest BCUT2D eigenvalue weighted by Gasteiger charge is 2.44. The quantitative estimate of drug-likeness (QED) is 0.170. The second-order valence-corrected chi connectivity index (χ2v) is 8.01. The van der Waals surface area contributed by atoms with Gasteiger partial charge in [-0.05, 0) is 41.5 Å². The minimum absolute atomic E-state index is 0.00865. The van der Waals surface area contributed by atoms with Crippen LogP contribution in [0.25, 0.3) is 6.08 Å². The Kier molecular flexibility index (Phi) is 8.85. The Morgan fingerprint density at radius 2 is 1.69 bits per heavy atom. The summed E-state index contributed by atoms with van der Waals surface area (Å²) in [6.45, 7) is -0.661. The number of carboxylic acid groups (broad SMARTS) is 1. The fraction of sp³-hybridized carbons (Fsp3) is 0.333. The zero-order valence-corrected chi connectivity index (χ0v) is 18.7. The van der Waals surface area contributed by atoms with Crippen LogP contribution in [0.2, 0.25) is 0 Å². The fourth-order valence-electron chi connectivity index (χ4n) is 3.39. The van der Waals surface area contributed by atoms with Crippen LogP contribution in [0, 0.1) is 0 Å². The Morgan fingerprint density at radius 3 is 2.33 bits per heavy atom. The molecule has 12 heteroatoms. The first-order valence-corrected chi connectivity index (χ1v) is 10.8. The molecule has 1 fully saturated rings. The number of carbonyl (C=O) groups is 2. The molecular weight excluding hydrogens is 480 g/mol. The average molecular weight is 506 g/mol. The first-order valence-electron chi connectivity index (χ1n) is 10.8. The number of carboxylic acids is 1. The lowest BCUT2D eigenvalue weighted by molar-refractivity contribution is -0.277. The number of hydrogen-bond acceptors (Lipinski definition) is 11. The first kappa shape index (κ1) is 26.9. The van der Waals surface area contributed by atoms with Crippen LogP contribution in [0.1, 0.15) is 11.1 Å². The molecule has 1 aliphatic rings. The van der Waals surface area contributed by atoms with Crippen LogP contribution in [0.5, 0.6) is 17.2 Å². The predicted molar refractivity (Wildman–Crippen MR) is 121 cm³/mol. The van der Waals surface area contributed by atoms with E-state index in [-0.39, 0.29) is 23.7 Å². The Morgan fingerprint density at radius 1 is 1.00 bits per heavy atom. The van der Waals surface area contributed by atoms with Crippen molar-refractivity contribution in [1.29, 1.82) is 0 Å². The third kappa shape index (κ3) is 6.71. The van der Waals surface area contributed by atoms with Crippen LogP contribution in [0.3, 0.4) is 0 Å². The number of ether oxygens (including phenoxy) is 3. The molecule has 2 aromatic rings. The van der Waals surface area contributed by atoms with Crippen LogP contribution < -0.4 is 4.74 Å². The van der Waals surface area contributed by atoms with Gasteiger partial charge >= 0.3 is 11.9 Å². The van der Waals surface area contributed by atoms with Crippen LogP contribution in [-0.2, 0) is 25.5 Å². The van der Waals surface area contributed by atoms with Crippen LogP contribution >= 0.6 is 0 Å². The second-order valence-electron chi connectivity index (χ2n) is 8.01. The van der Waals surface area contributed by atoms with Gasteiger partial charge in [-0.15, -0.1) is 0 Å². The van der Waals surface area contributed by atoms with Gasteiger partial charge in [-0.25, -0.2) is 9.59 Å². The molecule has 36 heavy (non-hydrogen) atoms. The first-order chi connectivity index (χ1) is 17.1. The molecule has 1 aliphatic heterocycles. The summed E-state index contributed by atoms with van der Waals surface area (Å²) in [6.07, 6.45) is -7.06. The molecule has 12 nitrogen and oxygen atoms in total. The lowest BCUT2D eigenvalue weighted by Crippen LogP contribution is -2.60. The molecule has 0 radical (unpaired) electrons. The normalized spacial score (nSPS) is 24.8. The SMILES string of the molecule is O=C(/C=C/c1ccc(O)c(O[C@@H]2O[C@H](CO)[C@@H](O)[C@H](O)[C@H]2O)c1)O[C@H](Cc1ccc(O)cc1)C(=O)O. The van der Waals surface area contributed by atoms with Crippen molar-refractivity contribution in [2.45, 2.75) is 43.2 Å². The van der Waals surface area contributed by atoms with Gasteiger partial charge in [-0.2, -0.15) is 0 Å². The van der Waals surface area contributed by atoms with E-state index in [2.05, 4.69) is 0 Å². The van der Waals surface area contributed by atoms with E-state index >= 15 is 0 Å². The molecular formula is C24H26O12. The number of aliphatic hydroxyl groups is 4. The summed E-state index contributed by atoms with van der Waals surface area (Å²) < 4.78 is 15.7. The van der Waals surface area contributed by atoms with E-state index in [1.165, 1.54) is 48.5 Å². The summed E-state index contributed by atoms with van der Waals surface area (Å²) in [5, 5.41) is 67.9. The zero-order chi connectivity index (χ0) is 26.4. The number of esters is 1. The predicted octanol–water partition coefficient (Wildman–Crippen LogP) is -0.471. The van der Waals surface area contributed by atoms with Crippen molar-refractivity contribution in [3.05, 3.63) is 59.7 Å². The maximum atomic E-state index is 12.2. The molecule has 6 atom stereocenters. The maximum Gasteiger partial charge on any atom is 0.345 e. The number of phenols is 2. The van der Waals surface area contributed by atoms with Crippen LogP contribution in [0.15, 0.2) is 48.5 Å². The molecule has 2 aromatic carbocycles. The molecule has 0 amide bonds. The van der Waals surface area contributed by atoms with E-state index in [1.807, 2.05) is 0 Å². The standard InChI is InChI=1S/C24H26O12/c25-11-18-20(29)21(30)22(31)24(36-18)35-16-9-13(3-7-15(16)27)4-8-19(28)34-17(23(32)33)10-12-1-5-14(26)6-2-12/h1-9,17-18,20-22,24-27,29-31H,10-11H2,(H,32,33)/b8-4+/t17-,18-,20-,21+,22-,24-/m1/s1. The highest BCUT2D eigenvalue weighted by Crippen LogP contribution is 2.31. The van der Waals surface area contributed by atoms with Crippen LogP contribution in [-0.4, -0.2) is 91.1 Å². The van der Waals surface area contributed by atoms with E-state index in [4.69, 9.17) is 14.2 Å². The molecule has 0 saturated carbocycles. The van der Waals surface area contributed by atoms with Gasteiger partial charge in [0.1, 0.15) is 30.2 Å². The fourth-order valence-corrected chi connectivity index (χ4v) is 3.39. The third-order valence-electron chi connectivity index (χ3n) is 5.38. The van der Waals surface area contributed by atoms with Gasteiger partial charge in [0, 0.05) is 12.5 Å². The van der Waals surface area contributed by atoms with Crippen LogP contribution in [0.4, 0.5) is 0 Å². The molecule has 1 saturated heterocycles. The van der Waals surface area contributed by atoms with E-state index in [0.29, 0.717) is 11.1 Å². The number of aromatic hydroxyl groups is 2. The van der Waals surface area contributed by atoms with Crippen molar-refractivity contribution in [3.8, 4) is 17.2 Å². The molecule has 0 unspecified atom stereocenters. The topological polar surface area (TPSA) is 203 Å². The lowest BCUT2D eigenvalue weighted by atomic mass is 9.99. The van der Waals surface area contributed by atoms with Crippen molar-refractivity contribution in [2.24, 2.45) is 0 Å². The number of aliphatic carboxylic acids is 1. The molecule has 0 bridgehead atoms. The number of aliphatic hydroxyl groups excluding tert-OH is 4. The average Bonchev–Trinajstić information content (AvgIpc) is 2.85. The lowest BCUT2D eigenvalue weighted by Gasteiger charge is -2.39. The molecule has 0 aromatic heterocycles. The smallest absolute Gasteiger partial charge is 0.345 e. The van der Waals surface area contributed by atoms with Gasteiger partial charge in [0.15, 0.2) is 11.5 Å². The summed E-state index contributed by atoms with van der Waals surface area (Å²) in [7, 11) is 0. The molecule has 3 rings (SSSR count). The largest absolute Gasteiger partial charge is 0.508 e. The minimum Gasteiger partial charge on any atom is -0.508 e. The highest BCUT2D eigenvalue weighted by molar-refractivity contribution is 5.89. The number of rotatable bonds is 9. The Hall–Kier alpha value is -3.68. The van der Waals surface area contributed by atoms with Crippen molar-refractivity contribution in [3.63, 3.8) is 0 Å². The van der Waals surface area contributed by atoms with E-state index in [0.717, 1.165) is 6.08 Å². The van der Waals surface area contributed by atoms with Gasteiger partial charge in [-0.1, -0.05) is 18.2 Å². The van der Waals surface area contributed by atoms with Gasteiger partial charge in [0.05, 0.1) is 6.61 Å². The van der Waals surface area contributed by atoms with Gasteiger partial charge in [0.25, 0.3) is 0 Å². The zero-order valence-electron chi connectivity index (χ0n) is 18.7. The highest BCUT2D eigenvalue weighted by atomic mass is 16.7. The number of benzene rings is 2. The van der Waals surface area contributed by atoms with E-state index in [1.54, 1.807) is 0 Å². The maximum absolute atomic E-state index is 12.2. The van der Waals surface area contributed by atoms with E-state index in [9.17, 15) is 45.3 Å². The van der Waals surface area contributed by atoms with E-state index < -0.39 is 55.4 Å². The Bertz CT molecular complexity index is 1080. The molecule has 7 N–H and O–H groups in total. The number of phenolic OH excluding ortho intramolecular Hbond substituents is 2. The summed E-state index contributed by atoms with van der Waals surface area (Å²) in [4.78, 5) is 23.7. The van der Waals surface area contributed by atoms with Gasteiger partial charge in [0.2, 0.25) is 12.4 Å². The number of hydrogen-bond donors (Lipinski definition) is 7. The molecule has 0 spiro atoms. The summed E-state index contributed by atoms with van der Waals surface area (Å²) in [5.41, 5.74) is 0.847. The van der Waals surface area contributed by atoms with Crippen molar-refractivity contribution < 1.29 is 59.5 Å². The Balaban J connectivity index is 1.67.